The molecule has 2 aliphatic carbocycles. The molecule has 0 aromatic carbocycles. The first-order chi connectivity index (χ1) is 10.0. The zero-order valence-electron chi connectivity index (χ0n) is 15.3. The van der Waals surface area contributed by atoms with E-state index in [0.717, 1.165) is 23.2 Å². The van der Waals surface area contributed by atoms with E-state index in [9.17, 15) is 0 Å². The molecule has 4 atom stereocenters. The van der Waals surface area contributed by atoms with Crippen molar-refractivity contribution in [3.63, 3.8) is 0 Å². The molecule has 2 rings (SSSR count). The summed E-state index contributed by atoms with van der Waals surface area (Å²) in [6.07, 6.45) is 17.5. The Morgan fingerprint density at radius 2 is 1.90 bits per heavy atom. The van der Waals surface area contributed by atoms with Gasteiger partial charge in [0.25, 0.3) is 0 Å². The molecular formula is C21H38. The van der Waals surface area contributed by atoms with E-state index in [1.165, 1.54) is 51.4 Å². The molecular weight excluding hydrogens is 252 g/mol. The van der Waals surface area contributed by atoms with Gasteiger partial charge in [0.05, 0.1) is 0 Å². The minimum absolute atomic E-state index is 0.714. The van der Waals surface area contributed by atoms with Gasteiger partial charge in [0.15, 0.2) is 0 Å². The molecule has 0 radical (unpaired) electrons. The average molecular weight is 291 g/mol. The van der Waals surface area contributed by atoms with Crippen LogP contribution in [0.25, 0.3) is 0 Å². The van der Waals surface area contributed by atoms with Crippen LogP contribution >= 0.6 is 0 Å². The monoisotopic (exact) mass is 290 g/mol. The second-order valence-electron chi connectivity index (χ2n) is 8.46. The molecule has 0 aromatic heterocycles. The number of allylic oxidation sites excluding steroid dienone is 2. The number of hydrogen-bond acceptors (Lipinski definition) is 0. The van der Waals surface area contributed by atoms with E-state index < -0.39 is 0 Å². The van der Waals surface area contributed by atoms with Crippen molar-refractivity contribution in [2.45, 2.75) is 92.4 Å². The van der Waals surface area contributed by atoms with Crippen LogP contribution in [-0.4, -0.2) is 0 Å². The van der Waals surface area contributed by atoms with Crippen LogP contribution in [0.2, 0.25) is 0 Å². The molecule has 122 valence electrons. The van der Waals surface area contributed by atoms with Crippen molar-refractivity contribution in [1.29, 1.82) is 0 Å². The molecule has 2 saturated carbocycles. The molecule has 0 saturated heterocycles. The van der Waals surface area contributed by atoms with Crippen molar-refractivity contribution < 1.29 is 0 Å². The van der Waals surface area contributed by atoms with E-state index in [0.29, 0.717) is 5.41 Å². The Morgan fingerprint density at radius 1 is 1.14 bits per heavy atom. The summed E-state index contributed by atoms with van der Waals surface area (Å²) in [4.78, 5) is 0. The van der Waals surface area contributed by atoms with Crippen molar-refractivity contribution in [3.05, 3.63) is 12.2 Å². The Bertz CT molecular complexity index is 353. The van der Waals surface area contributed by atoms with Gasteiger partial charge in [0.2, 0.25) is 0 Å². The zero-order valence-corrected chi connectivity index (χ0v) is 15.3. The van der Waals surface area contributed by atoms with Crippen molar-refractivity contribution in [3.8, 4) is 0 Å². The van der Waals surface area contributed by atoms with Crippen LogP contribution < -0.4 is 0 Å². The minimum Gasteiger partial charge on any atom is -0.0885 e. The zero-order chi connectivity index (χ0) is 15.5. The lowest BCUT2D eigenvalue weighted by Crippen LogP contribution is -2.01. The van der Waals surface area contributed by atoms with E-state index >= 15 is 0 Å². The van der Waals surface area contributed by atoms with E-state index in [1.54, 1.807) is 6.42 Å². The molecule has 0 nitrogen and oxygen atoms in total. The standard InChI is InChI=1S/C21H38/c1-6-13-19-20(5,21(19)16-18(21)7-2)15-12-10-8-9-11-14-17(3)4/h9,11,17-19H,6-8,10,12-16H2,1-5H3. The van der Waals surface area contributed by atoms with Crippen LogP contribution in [0, 0.1) is 28.6 Å². The molecule has 21 heavy (non-hydrogen) atoms. The van der Waals surface area contributed by atoms with Crippen molar-refractivity contribution >= 4 is 0 Å². The van der Waals surface area contributed by atoms with E-state index in [-0.39, 0.29) is 0 Å². The first kappa shape index (κ1) is 17.1. The summed E-state index contributed by atoms with van der Waals surface area (Å²) in [6, 6.07) is 0. The summed E-state index contributed by atoms with van der Waals surface area (Å²) >= 11 is 0. The molecule has 0 bridgehead atoms. The predicted molar refractivity (Wildman–Crippen MR) is 94.4 cm³/mol. The Morgan fingerprint density at radius 3 is 2.48 bits per heavy atom. The van der Waals surface area contributed by atoms with Crippen LogP contribution in [0.15, 0.2) is 12.2 Å². The Kier molecular flexibility index (Phi) is 5.60. The lowest BCUT2D eigenvalue weighted by molar-refractivity contribution is 0.395. The third kappa shape index (κ3) is 3.25. The second kappa shape index (κ2) is 6.88. The Labute approximate surface area is 133 Å². The Hall–Kier alpha value is -0.260. The van der Waals surface area contributed by atoms with Crippen LogP contribution in [0.5, 0.6) is 0 Å². The van der Waals surface area contributed by atoms with Crippen LogP contribution in [0.3, 0.4) is 0 Å². The first-order valence-electron chi connectivity index (χ1n) is 9.67. The highest BCUT2D eigenvalue weighted by Crippen LogP contribution is 2.88. The van der Waals surface area contributed by atoms with Gasteiger partial charge in [-0.1, -0.05) is 66.0 Å². The van der Waals surface area contributed by atoms with Crippen molar-refractivity contribution in [2.24, 2.45) is 28.6 Å². The molecule has 1 spiro atoms. The fourth-order valence-electron chi connectivity index (χ4n) is 5.39. The van der Waals surface area contributed by atoms with Crippen molar-refractivity contribution in [1.82, 2.24) is 0 Å². The summed E-state index contributed by atoms with van der Waals surface area (Å²) in [6.45, 7) is 12.0. The van der Waals surface area contributed by atoms with E-state index in [4.69, 9.17) is 0 Å². The lowest BCUT2D eigenvalue weighted by atomic mass is 9.94. The maximum absolute atomic E-state index is 2.62. The molecule has 0 aromatic rings. The third-order valence-electron chi connectivity index (χ3n) is 6.68. The second-order valence-corrected chi connectivity index (χ2v) is 8.46. The molecule has 2 aliphatic rings. The van der Waals surface area contributed by atoms with Crippen LogP contribution in [0.4, 0.5) is 0 Å². The molecule has 4 unspecified atom stereocenters. The third-order valence-corrected chi connectivity index (χ3v) is 6.68. The van der Waals surface area contributed by atoms with Crippen LogP contribution in [-0.2, 0) is 0 Å². The van der Waals surface area contributed by atoms with Gasteiger partial charge in [-0.2, -0.15) is 0 Å². The fourth-order valence-corrected chi connectivity index (χ4v) is 5.39. The normalized spacial score (nSPS) is 37.8. The topological polar surface area (TPSA) is 0 Å². The molecule has 0 heteroatoms. The smallest absolute Gasteiger partial charge is 0.0176 e. The van der Waals surface area contributed by atoms with Crippen molar-refractivity contribution in [2.75, 3.05) is 0 Å². The minimum atomic E-state index is 0.714. The van der Waals surface area contributed by atoms with Gasteiger partial charge in [0.1, 0.15) is 0 Å². The summed E-state index contributed by atoms with van der Waals surface area (Å²) in [5.74, 6) is 2.95. The summed E-state index contributed by atoms with van der Waals surface area (Å²) in [7, 11) is 0. The SMILES string of the molecule is CCCC1C(C)(CCCCC=CCC(C)C)C12CC2CC. The molecule has 0 heterocycles. The fraction of sp³-hybridized carbons (Fsp3) is 0.905. The largest absolute Gasteiger partial charge is 0.0885 e. The molecule has 0 N–H and O–H groups in total. The Balaban J connectivity index is 1.69. The van der Waals surface area contributed by atoms with Gasteiger partial charge >= 0.3 is 0 Å². The molecule has 0 amide bonds. The number of hydrogen-bond donors (Lipinski definition) is 0. The van der Waals surface area contributed by atoms with Gasteiger partial charge in [0, 0.05) is 0 Å². The maximum Gasteiger partial charge on any atom is -0.0176 e. The predicted octanol–water partition coefficient (Wildman–Crippen LogP) is 7.00. The highest BCUT2D eigenvalue weighted by atomic mass is 14.9. The summed E-state index contributed by atoms with van der Waals surface area (Å²) in [5.41, 5.74) is 1.52. The highest BCUT2D eigenvalue weighted by Gasteiger charge is 2.81. The molecule has 2 fully saturated rings. The van der Waals surface area contributed by atoms with Gasteiger partial charge < -0.3 is 0 Å². The maximum atomic E-state index is 2.62. The van der Waals surface area contributed by atoms with E-state index in [1.807, 2.05) is 0 Å². The first-order valence-corrected chi connectivity index (χ1v) is 9.67. The van der Waals surface area contributed by atoms with Gasteiger partial charge in [-0.05, 0) is 67.1 Å². The quantitative estimate of drug-likeness (QED) is 0.300. The average Bonchev–Trinajstić information content (AvgIpc) is 3.29. The number of unbranched alkanes of at least 4 members (excludes halogenated alkanes) is 2. The van der Waals surface area contributed by atoms with Gasteiger partial charge in [-0.15, -0.1) is 0 Å². The van der Waals surface area contributed by atoms with Crippen LogP contribution in [0.1, 0.15) is 92.4 Å². The molecule has 0 aliphatic heterocycles. The van der Waals surface area contributed by atoms with Gasteiger partial charge in [-0.3, -0.25) is 0 Å². The van der Waals surface area contributed by atoms with E-state index in [2.05, 4.69) is 46.8 Å². The highest BCUT2D eigenvalue weighted by molar-refractivity contribution is 5.29. The number of rotatable bonds is 10. The lowest BCUT2D eigenvalue weighted by Gasteiger charge is -2.11. The summed E-state index contributed by atoms with van der Waals surface area (Å²) < 4.78 is 0. The van der Waals surface area contributed by atoms with Gasteiger partial charge in [-0.25, -0.2) is 0 Å². The summed E-state index contributed by atoms with van der Waals surface area (Å²) in [5, 5.41) is 0.